The molecule has 0 saturated heterocycles. The van der Waals surface area contributed by atoms with Gasteiger partial charge >= 0.3 is 0 Å². The predicted molar refractivity (Wildman–Crippen MR) is 156 cm³/mol. The van der Waals surface area contributed by atoms with E-state index in [1.807, 2.05) is 60.8 Å². The second kappa shape index (κ2) is 11.3. The largest absolute Gasteiger partial charge is 0.352 e. The van der Waals surface area contributed by atoms with Gasteiger partial charge in [0.2, 0.25) is 0 Å². The Hall–Kier alpha value is -3.81. The maximum atomic E-state index is 12.9. The number of anilines is 1. The number of nitrogens with one attached hydrogen (secondary N) is 2. The number of H-pyrrole nitrogens is 1. The number of aromatic nitrogens is 2. The van der Waals surface area contributed by atoms with Gasteiger partial charge in [0.15, 0.2) is 5.78 Å². The van der Waals surface area contributed by atoms with E-state index < -0.39 is 0 Å². The highest BCUT2D eigenvalue weighted by Gasteiger charge is 2.25. The van der Waals surface area contributed by atoms with Gasteiger partial charge in [-0.2, -0.15) is 0 Å². The molecule has 1 amide bonds. The van der Waals surface area contributed by atoms with E-state index in [4.69, 9.17) is 4.98 Å². The van der Waals surface area contributed by atoms with Crippen molar-refractivity contribution in [2.45, 2.75) is 33.6 Å². The molecule has 0 fully saturated rings. The molecular formula is C31H32N4O2S. The topological polar surface area (TPSA) is 78.1 Å². The Bertz CT molecular complexity index is 1500. The molecule has 3 heterocycles. The maximum absolute atomic E-state index is 12.9. The van der Waals surface area contributed by atoms with Gasteiger partial charge in [-0.25, -0.2) is 4.98 Å². The first-order valence-electron chi connectivity index (χ1n) is 13.1. The quantitative estimate of drug-likeness (QED) is 0.175. The number of amides is 1. The SMILES string of the molecule is CCN(CC)CCCC(=O)c1cc(C)c(/C=C2\C(=O)Nc3ccc(-c4csc(-c5ccccc5)n4)cc32)[nH]1. The minimum absolute atomic E-state index is 0.0984. The molecule has 1 aliphatic heterocycles. The van der Waals surface area contributed by atoms with Crippen LogP contribution in [0.4, 0.5) is 5.69 Å². The summed E-state index contributed by atoms with van der Waals surface area (Å²) in [5.74, 6) is -0.0530. The number of benzene rings is 2. The first-order valence-corrected chi connectivity index (χ1v) is 14.0. The lowest BCUT2D eigenvalue weighted by Gasteiger charge is -2.17. The Morgan fingerprint density at radius 2 is 1.84 bits per heavy atom. The van der Waals surface area contributed by atoms with Crippen LogP contribution in [0.15, 0.2) is 60.0 Å². The third-order valence-electron chi connectivity index (χ3n) is 7.04. The molecule has 0 saturated carbocycles. The Morgan fingerprint density at radius 1 is 1.05 bits per heavy atom. The Labute approximate surface area is 227 Å². The smallest absolute Gasteiger partial charge is 0.256 e. The molecule has 0 bridgehead atoms. The third-order valence-corrected chi connectivity index (χ3v) is 7.93. The lowest BCUT2D eigenvalue weighted by molar-refractivity contribution is -0.110. The van der Waals surface area contributed by atoms with E-state index in [-0.39, 0.29) is 11.7 Å². The van der Waals surface area contributed by atoms with Gasteiger partial charge in [0.1, 0.15) is 5.01 Å². The van der Waals surface area contributed by atoms with Gasteiger partial charge in [-0.15, -0.1) is 11.3 Å². The molecule has 4 aromatic rings. The molecule has 2 aromatic carbocycles. The van der Waals surface area contributed by atoms with Gasteiger partial charge in [-0.3, -0.25) is 9.59 Å². The van der Waals surface area contributed by atoms with Crippen molar-refractivity contribution in [3.8, 4) is 21.8 Å². The lowest BCUT2D eigenvalue weighted by Crippen LogP contribution is -2.24. The second-order valence-electron chi connectivity index (χ2n) is 9.51. The van der Waals surface area contributed by atoms with Crippen molar-refractivity contribution in [1.29, 1.82) is 0 Å². The summed E-state index contributed by atoms with van der Waals surface area (Å²) < 4.78 is 0. The number of aromatic amines is 1. The molecule has 6 nitrogen and oxygen atoms in total. The molecule has 0 radical (unpaired) electrons. The molecule has 0 unspecified atom stereocenters. The number of carbonyl (C=O) groups excluding carboxylic acids is 2. The van der Waals surface area contributed by atoms with Gasteiger partial charge in [-0.05, 0) is 62.8 Å². The van der Waals surface area contributed by atoms with Gasteiger partial charge in [-0.1, -0.05) is 50.2 Å². The van der Waals surface area contributed by atoms with Crippen LogP contribution in [-0.2, 0) is 4.79 Å². The third kappa shape index (κ3) is 5.39. The summed E-state index contributed by atoms with van der Waals surface area (Å²) in [7, 11) is 0. The lowest BCUT2D eigenvalue weighted by atomic mass is 10.0. The molecule has 0 atom stereocenters. The summed E-state index contributed by atoms with van der Waals surface area (Å²) in [5.41, 5.74) is 7.42. The van der Waals surface area contributed by atoms with Crippen LogP contribution in [0, 0.1) is 6.92 Å². The van der Waals surface area contributed by atoms with Gasteiger partial charge in [0.05, 0.1) is 17.0 Å². The molecule has 2 aromatic heterocycles. The first kappa shape index (κ1) is 25.8. The van der Waals surface area contributed by atoms with Crippen LogP contribution in [0.1, 0.15) is 54.0 Å². The Balaban J connectivity index is 1.37. The van der Waals surface area contributed by atoms with Crippen LogP contribution in [0.3, 0.4) is 0 Å². The fourth-order valence-corrected chi connectivity index (χ4v) is 5.60. The number of hydrogen-bond acceptors (Lipinski definition) is 5. The van der Waals surface area contributed by atoms with E-state index in [2.05, 4.69) is 41.2 Å². The molecule has 38 heavy (non-hydrogen) atoms. The van der Waals surface area contributed by atoms with Gasteiger partial charge < -0.3 is 15.2 Å². The number of ketones is 1. The Kier molecular flexibility index (Phi) is 7.67. The molecule has 0 aliphatic carbocycles. The van der Waals surface area contributed by atoms with Crippen molar-refractivity contribution >= 4 is 40.4 Å². The number of Topliss-reactive ketones (excluding diaryl/α,β-unsaturated/α-hetero) is 1. The van der Waals surface area contributed by atoms with Crippen molar-refractivity contribution in [2.24, 2.45) is 0 Å². The van der Waals surface area contributed by atoms with E-state index in [9.17, 15) is 9.59 Å². The zero-order valence-electron chi connectivity index (χ0n) is 22.0. The first-order chi connectivity index (χ1) is 18.5. The predicted octanol–water partition coefficient (Wildman–Crippen LogP) is 6.91. The van der Waals surface area contributed by atoms with Crippen LogP contribution >= 0.6 is 11.3 Å². The van der Waals surface area contributed by atoms with E-state index >= 15 is 0 Å². The standard InChI is InChI=1S/C31H32N4O2S/c1-4-35(5-2)15-9-12-29(36)27-16-20(3)26(32-27)18-24-23-17-22(13-14-25(23)33-30(24)37)28-19-38-31(34-28)21-10-7-6-8-11-21/h6-8,10-11,13-14,16-19,32H,4-5,9,12,15H2,1-3H3,(H,33,37)/b24-18-. The minimum atomic E-state index is -0.151. The summed E-state index contributed by atoms with van der Waals surface area (Å²) in [4.78, 5) is 36.1. The molecule has 1 aliphatic rings. The van der Waals surface area contributed by atoms with Crippen LogP contribution in [-0.4, -0.2) is 46.2 Å². The number of hydrogen-bond donors (Lipinski definition) is 2. The van der Waals surface area contributed by atoms with E-state index in [0.717, 1.165) is 70.4 Å². The zero-order chi connectivity index (χ0) is 26.6. The highest BCUT2D eigenvalue weighted by atomic mass is 32.1. The highest BCUT2D eigenvalue weighted by molar-refractivity contribution is 7.13. The van der Waals surface area contributed by atoms with Crippen molar-refractivity contribution in [3.05, 3.63) is 82.5 Å². The van der Waals surface area contributed by atoms with Crippen LogP contribution in [0.25, 0.3) is 33.5 Å². The van der Waals surface area contributed by atoms with E-state index in [0.29, 0.717) is 17.7 Å². The van der Waals surface area contributed by atoms with Gasteiger partial charge in [0, 0.05) is 39.9 Å². The van der Waals surface area contributed by atoms with Crippen LogP contribution < -0.4 is 5.32 Å². The van der Waals surface area contributed by atoms with E-state index in [1.54, 1.807) is 11.3 Å². The summed E-state index contributed by atoms with van der Waals surface area (Å²) >= 11 is 1.60. The summed E-state index contributed by atoms with van der Waals surface area (Å²) in [6.45, 7) is 9.13. The molecule has 5 rings (SSSR count). The second-order valence-corrected chi connectivity index (χ2v) is 10.4. The monoisotopic (exact) mass is 524 g/mol. The van der Waals surface area contributed by atoms with Crippen molar-refractivity contribution in [3.63, 3.8) is 0 Å². The molecule has 0 spiro atoms. The number of rotatable bonds is 10. The summed E-state index contributed by atoms with van der Waals surface area (Å²) in [5, 5.41) is 5.97. The average molecular weight is 525 g/mol. The number of thiazole rings is 1. The number of nitrogens with zero attached hydrogens (tertiary/aromatic N) is 2. The van der Waals surface area contributed by atoms with Crippen molar-refractivity contribution < 1.29 is 9.59 Å². The van der Waals surface area contributed by atoms with Crippen molar-refractivity contribution in [1.82, 2.24) is 14.9 Å². The normalized spacial score (nSPS) is 13.8. The fraction of sp³-hybridized carbons (Fsp3) is 0.258. The fourth-order valence-electron chi connectivity index (χ4n) is 4.77. The summed E-state index contributed by atoms with van der Waals surface area (Å²) in [6.07, 6.45) is 3.18. The molecule has 2 N–H and O–H groups in total. The summed E-state index contributed by atoms with van der Waals surface area (Å²) in [6, 6.07) is 17.9. The average Bonchev–Trinajstić information content (AvgIpc) is 3.65. The minimum Gasteiger partial charge on any atom is -0.352 e. The molecule has 194 valence electrons. The van der Waals surface area contributed by atoms with Crippen LogP contribution in [0.5, 0.6) is 0 Å². The van der Waals surface area contributed by atoms with Crippen LogP contribution in [0.2, 0.25) is 0 Å². The zero-order valence-corrected chi connectivity index (χ0v) is 22.8. The number of carbonyl (C=O) groups is 2. The molecular weight excluding hydrogens is 492 g/mol. The van der Waals surface area contributed by atoms with E-state index in [1.165, 1.54) is 0 Å². The maximum Gasteiger partial charge on any atom is 0.256 e. The highest BCUT2D eigenvalue weighted by Crippen LogP contribution is 2.37. The van der Waals surface area contributed by atoms with Gasteiger partial charge in [0.25, 0.3) is 5.91 Å². The Morgan fingerprint density at radius 3 is 2.61 bits per heavy atom. The van der Waals surface area contributed by atoms with Crippen molar-refractivity contribution in [2.75, 3.05) is 25.0 Å². The molecule has 7 heteroatoms. The number of aryl methyl sites for hydroxylation is 1. The number of fused-ring (bicyclic) bond motifs is 1.